The summed E-state index contributed by atoms with van der Waals surface area (Å²) >= 11 is 0. The van der Waals surface area contributed by atoms with Crippen LogP contribution in [-0.2, 0) is 11.2 Å². The van der Waals surface area contributed by atoms with E-state index >= 15 is 0 Å². The Hall–Kier alpha value is -2.73. The van der Waals surface area contributed by atoms with Crippen molar-refractivity contribution >= 4 is 11.8 Å². The van der Waals surface area contributed by atoms with E-state index in [-0.39, 0.29) is 29.5 Å². The van der Waals surface area contributed by atoms with Crippen LogP contribution < -0.4 is 5.32 Å². The molecule has 2 amide bonds. The molecule has 2 aliphatic carbocycles. The zero-order chi connectivity index (χ0) is 23.5. The first-order chi connectivity index (χ1) is 16.6. The molecule has 1 aliphatic heterocycles. The van der Waals surface area contributed by atoms with Crippen LogP contribution in [0, 0.1) is 11.7 Å². The van der Waals surface area contributed by atoms with E-state index in [1.807, 2.05) is 0 Å². The fourth-order valence-electron chi connectivity index (χ4n) is 6.12. The van der Waals surface area contributed by atoms with Crippen molar-refractivity contribution in [1.82, 2.24) is 15.1 Å². The number of piperazine rings is 1. The first kappa shape index (κ1) is 23.0. The van der Waals surface area contributed by atoms with Gasteiger partial charge in [0.1, 0.15) is 5.82 Å². The summed E-state index contributed by atoms with van der Waals surface area (Å²) in [4.78, 5) is 30.5. The van der Waals surface area contributed by atoms with E-state index in [0.29, 0.717) is 32.1 Å². The molecule has 0 unspecified atom stereocenters. The van der Waals surface area contributed by atoms with Gasteiger partial charge in [-0.05, 0) is 61.3 Å². The highest BCUT2D eigenvalue weighted by atomic mass is 19.1. The molecular formula is C28H34FN3O2. The summed E-state index contributed by atoms with van der Waals surface area (Å²) in [5, 5.41) is 3.41. The molecule has 0 spiro atoms. The molecule has 1 heterocycles. The third kappa shape index (κ3) is 4.74. The number of aryl methyl sites for hydroxylation is 1. The summed E-state index contributed by atoms with van der Waals surface area (Å²) in [5.74, 6) is -0.264. The van der Waals surface area contributed by atoms with E-state index in [1.165, 1.54) is 30.0 Å². The molecule has 34 heavy (non-hydrogen) atoms. The minimum atomic E-state index is -0.481. The predicted molar refractivity (Wildman–Crippen MR) is 130 cm³/mol. The van der Waals surface area contributed by atoms with Crippen LogP contribution in [0.2, 0.25) is 0 Å². The summed E-state index contributed by atoms with van der Waals surface area (Å²) in [6.45, 7) is 2.29. The number of nitrogens with one attached hydrogen (secondary N) is 1. The van der Waals surface area contributed by atoms with E-state index < -0.39 is 5.82 Å². The third-order valence-electron chi connectivity index (χ3n) is 7.90. The number of amides is 2. The topological polar surface area (TPSA) is 52.7 Å². The zero-order valence-electron chi connectivity index (χ0n) is 19.7. The van der Waals surface area contributed by atoms with Gasteiger partial charge in [0.25, 0.3) is 5.91 Å². The van der Waals surface area contributed by atoms with E-state index in [2.05, 4.69) is 34.5 Å². The van der Waals surface area contributed by atoms with Gasteiger partial charge in [0.05, 0.1) is 17.6 Å². The van der Waals surface area contributed by atoms with Crippen LogP contribution in [0.5, 0.6) is 0 Å². The van der Waals surface area contributed by atoms with Crippen LogP contribution in [0.15, 0.2) is 48.5 Å². The van der Waals surface area contributed by atoms with Gasteiger partial charge in [-0.25, -0.2) is 4.39 Å². The molecule has 1 saturated heterocycles. The van der Waals surface area contributed by atoms with Gasteiger partial charge in [-0.2, -0.15) is 0 Å². The summed E-state index contributed by atoms with van der Waals surface area (Å²) in [5.41, 5.74) is 2.72. The molecule has 3 aliphatic rings. The maximum Gasteiger partial charge on any atom is 0.256 e. The second-order valence-electron chi connectivity index (χ2n) is 9.95. The summed E-state index contributed by atoms with van der Waals surface area (Å²) in [6.07, 6.45) is 7.64. The number of benzene rings is 2. The zero-order valence-corrected chi connectivity index (χ0v) is 19.7. The Morgan fingerprint density at radius 1 is 0.882 bits per heavy atom. The Morgan fingerprint density at radius 2 is 1.59 bits per heavy atom. The third-order valence-corrected chi connectivity index (χ3v) is 7.90. The summed E-state index contributed by atoms with van der Waals surface area (Å²) in [7, 11) is 0. The smallest absolute Gasteiger partial charge is 0.256 e. The molecule has 2 fully saturated rings. The molecule has 2 atom stereocenters. The molecule has 2 aromatic rings. The van der Waals surface area contributed by atoms with Crippen molar-refractivity contribution in [2.45, 2.75) is 57.0 Å². The van der Waals surface area contributed by atoms with Crippen molar-refractivity contribution in [1.29, 1.82) is 0 Å². The Kier molecular flexibility index (Phi) is 6.95. The maximum atomic E-state index is 14.1. The average Bonchev–Trinajstić information content (AvgIpc) is 3.39. The maximum absolute atomic E-state index is 14.1. The number of nitrogens with zero attached hydrogens (tertiary/aromatic N) is 2. The first-order valence-electron chi connectivity index (χ1n) is 12.8. The van der Waals surface area contributed by atoms with E-state index in [4.69, 9.17) is 0 Å². The summed E-state index contributed by atoms with van der Waals surface area (Å²) in [6, 6.07) is 14.5. The molecule has 1 saturated carbocycles. The lowest BCUT2D eigenvalue weighted by atomic mass is 9.87. The predicted octanol–water partition coefficient (Wildman–Crippen LogP) is 4.34. The number of fused-ring (bicyclic) bond motifs is 1. The van der Waals surface area contributed by atoms with Crippen molar-refractivity contribution in [2.24, 2.45) is 5.92 Å². The first-order valence-corrected chi connectivity index (χ1v) is 12.8. The van der Waals surface area contributed by atoms with Crippen LogP contribution in [0.3, 0.4) is 0 Å². The van der Waals surface area contributed by atoms with Crippen LogP contribution in [0.25, 0.3) is 0 Å². The number of carbonyl (C=O) groups excluding carboxylic acids is 2. The quantitative estimate of drug-likeness (QED) is 0.718. The van der Waals surface area contributed by atoms with Gasteiger partial charge in [0.2, 0.25) is 5.91 Å². The number of halogens is 1. The van der Waals surface area contributed by atoms with Crippen LogP contribution >= 0.6 is 0 Å². The second kappa shape index (κ2) is 10.3. The van der Waals surface area contributed by atoms with Crippen molar-refractivity contribution < 1.29 is 14.0 Å². The van der Waals surface area contributed by atoms with Gasteiger partial charge in [0, 0.05) is 26.2 Å². The number of hydrogen-bond donors (Lipinski definition) is 1. The number of hydrogen-bond acceptors (Lipinski definition) is 3. The highest BCUT2D eigenvalue weighted by molar-refractivity contribution is 5.94. The van der Waals surface area contributed by atoms with Crippen molar-refractivity contribution in [3.63, 3.8) is 0 Å². The van der Waals surface area contributed by atoms with Gasteiger partial charge >= 0.3 is 0 Å². The lowest BCUT2D eigenvalue weighted by molar-refractivity contribution is -0.130. The van der Waals surface area contributed by atoms with Crippen molar-refractivity contribution in [3.05, 3.63) is 71.0 Å². The fourth-order valence-corrected chi connectivity index (χ4v) is 6.12. The molecule has 5 nitrogen and oxygen atoms in total. The highest BCUT2D eigenvalue weighted by Crippen LogP contribution is 2.33. The van der Waals surface area contributed by atoms with E-state index in [1.54, 1.807) is 23.1 Å². The molecule has 2 aromatic carbocycles. The Balaban J connectivity index is 1.27. The minimum absolute atomic E-state index is 0.0743. The summed E-state index contributed by atoms with van der Waals surface area (Å²) < 4.78 is 14.1. The normalized spacial score (nSPS) is 22.3. The van der Waals surface area contributed by atoms with Crippen LogP contribution in [0.1, 0.15) is 66.1 Å². The van der Waals surface area contributed by atoms with Gasteiger partial charge in [-0.1, -0.05) is 49.2 Å². The average molecular weight is 464 g/mol. The molecule has 6 heteroatoms. The SMILES string of the molecule is O=C(N[C@H]1CCCc2ccccc21)[C@H](C1CCCC1)N1CCN(C(=O)c2ccccc2F)CC1. The molecule has 1 N–H and O–H groups in total. The molecule has 180 valence electrons. The molecule has 5 rings (SSSR count). The van der Waals surface area contributed by atoms with E-state index in [0.717, 1.165) is 32.1 Å². The largest absolute Gasteiger partial charge is 0.348 e. The number of carbonyl (C=O) groups is 2. The molecule has 0 bridgehead atoms. The second-order valence-corrected chi connectivity index (χ2v) is 9.95. The molecule has 0 radical (unpaired) electrons. The Morgan fingerprint density at radius 3 is 2.35 bits per heavy atom. The van der Waals surface area contributed by atoms with Gasteiger partial charge in [-0.15, -0.1) is 0 Å². The van der Waals surface area contributed by atoms with Crippen LogP contribution in [0.4, 0.5) is 4.39 Å². The number of rotatable bonds is 5. The molecular weight excluding hydrogens is 429 g/mol. The van der Waals surface area contributed by atoms with Crippen molar-refractivity contribution in [3.8, 4) is 0 Å². The molecule has 0 aromatic heterocycles. The highest BCUT2D eigenvalue weighted by Gasteiger charge is 2.38. The van der Waals surface area contributed by atoms with Gasteiger partial charge in [0.15, 0.2) is 0 Å². The van der Waals surface area contributed by atoms with Gasteiger partial charge in [-0.3, -0.25) is 14.5 Å². The standard InChI is InChI=1S/C28H34FN3O2/c29-24-14-6-5-13-23(24)28(34)32-18-16-31(17-19-32)26(21-9-1-2-10-21)27(33)30-25-15-7-11-20-8-3-4-12-22(20)25/h3-6,8,12-14,21,25-26H,1-2,7,9-11,15-19H2,(H,30,33)/t25-,26-/m0/s1. The monoisotopic (exact) mass is 463 g/mol. The van der Waals surface area contributed by atoms with Gasteiger partial charge < -0.3 is 10.2 Å². The minimum Gasteiger partial charge on any atom is -0.348 e. The van der Waals surface area contributed by atoms with Crippen LogP contribution in [-0.4, -0.2) is 53.8 Å². The Bertz CT molecular complexity index is 1030. The van der Waals surface area contributed by atoms with E-state index in [9.17, 15) is 14.0 Å². The van der Waals surface area contributed by atoms with Crippen molar-refractivity contribution in [2.75, 3.05) is 26.2 Å². The lowest BCUT2D eigenvalue weighted by Gasteiger charge is -2.41. The fraction of sp³-hybridized carbons (Fsp3) is 0.500. The Labute approximate surface area is 201 Å². The lowest BCUT2D eigenvalue weighted by Crippen LogP contribution is -2.58.